The maximum absolute atomic E-state index is 12.7. The van der Waals surface area contributed by atoms with Crippen LogP contribution in [0.2, 0.25) is 0 Å². The summed E-state index contributed by atoms with van der Waals surface area (Å²) in [7, 11) is 5.14. The van der Waals surface area contributed by atoms with Crippen LogP contribution in [0.25, 0.3) is 0 Å². The molecule has 1 aliphatic heterocycles. The number of carbonyl (C=O) groups is 2. The fourth-order valence-corrected chi connectivity index (χ4v) is 3.35. The summed E-state index contributed by atoms with van der Waals surface area (Å²) in [6.07, 6.45) is 6.63. The van der Waals surface area contributed by atoms with Gasteiger partial charge in [0.15, 0.2) is 11.6 Å². The average molecular weight is 467 g/mol. The van der Waals surface area contributed by atoms with Crippen molar-refractivity contribution in [1.29, 1.82) is 0 Å². The Morgan fingerprint density at radius 1 is 1.03 bits per heavy atom. The molecule has 0 saturated carbocycles. The minimum atomic E-state index is -0.852. The van der Waals surface area contributed by atoms with E-state index in [1.165, 1.54) is 24.3 Å². The summed E-state index contributed by atoms with van der Waals surface area (Å²) in [6, 6.07) is 0. The molecular formula is C20H25N11O3. The lowest BCUT2D eigenvalue weighted by Crippen LogP contribution is -2.44. The van der Waals surface area contributed by atoms with Crippen molar-refractivity contribution in [3.05, 3.63) is 36.8 Å². The molecule has 1 aliphatic rings. The van der Waals surface area contributed by atoms with Gasteiger partial charge in [0.25, 0.3) is 11.8 Å². The van der Waals surface area contributed by atoms with E-state index in [2.05, 4.69) is 57.8 Å². The van der Waals surface area contributed by atoms with E-state index >= 15 is 0 Å². The third-order valence-corrected chi connectivity index (χ3v) is 5.19. The molecule has 0 radical (unpaired) electrons. The Labute approximate surface area is 195 Å². The Kier molecular flexibility index (Phi) is 6.77. The highest BCUT2D eigenvalue weighted by Crippen LogP contribution is 2.27. The number of hydrogen-bond acceptors (Lipinski definition) is 11. The number of ether oxygens (including phenoxy) is 1. The lowest BCUT2D eigenvalue weighted by molar-refractivity contribution is 0.0954. The van der Waals surface area contributed by atoms with Gasteiger partial charge in [0.05, 0.1) is 36.2 Å². The van der Waals surface area contributed by atoms with Crippen molar-refractivity contribution in [2.75, 3.05) is 55.8 Å². The van der Waals surface area contributed by atoms with Crippen LogP contribution in [0.3, 0.4) is 0 Å². The molecule has 34 heavy (non-hydrogen) atoms. The average Bonchev–Trinajstić information content (AvgIpc) is 3.20. The van der Waals surface area contributed by atoms with Crippen molar-refractivity contribution in [3.8, 4) is 5.88 Å². The lowest BCUT2D eigenvalue weighted by Gasteiger charge is -2.33. The summed E-state index contributed by atoms with van der Waals surface area (Å²) in [4.78, 5) is 46.1. The zero-order valence-corrected chi connectivity index (χ0v) is 19.0. The maximum Gasteiger partial charge on any atom is 0.418 e. The van der Waals surface area contributed by atoms with Crippen LogP contribution >= 0.6 is 0 Å². The second kappa shape index (κ2) is 10.1. The predicted molar refractivity (Wildman–Crippen MR) is 123 cm³/mol. The van der Waals surface area contributed by atoms with Crippen LogP contribution in [-0.4, -0.2) is 86.9 Å². The van der Waals surface area contributed by atoms with E-state index < -0.39 is 12.0 Å². The molecular weight excluding hydrogens is 442 g/mol. The fourth-order valence-electron chi connectivity index (χ4n) is 3.35. The van der Waals surface area contributed by atoms with Crippen molar-refractivity contribution < 1.29 is 14.3 Å². The molecule has 3 N–H and O–H groups in total. The number of aryl methyl sites for hydroxylation is 1. The van der Waals surface area contributed by atoms with E-state index in [-0.39, 0.29) is 23.1 Å². The molecule has 3 aromatic heterocycles. The third kappa shape index (κ3) is 5.17. The molecule has 14 heteroatoms. The van der Waals surface area contributed by atoms with Crippen molar-refractivity contribution in [3.63, 3.8) is 0 Å². The van der Waals surface area contributed by atoms with Crippen LogP contribution in [0.1, 0.15) is 10.5 Å². The van der Waals surface area contributed by atoms with Gasteiger partial charge in [0.2, 0.25) is 0 Å². The Hall–Kier alpha value is -4.33. The standard InChI is InChI=1S/C20H25N11O3/c1-21-18(32)16-14(10-25-30(16)3)27-20(33)34-19-17(26-13-8-22-12-23-9-13)24-11-15(28-19)31-6-4-29(2)5-7-31/h8-12H,4-7H2,1-3H3,(H,21,32)(H,24,26)(H,27,33). The van der Waals surface area contributed by atoms with Crippen LogP contribution < -0.4 is 25.6 Å². The number of likely N-dealkylation sites (N-methyl/N-ethyl adjacent to an activating group) is 1. The molecule has 4 rings (SSSR count). The van der Waals surface area contributed by atoms with Gasteiger partial charge in [-0.25, -0.2) is 19.7 Å². The van der Waals surface area contributed by atoms with Gasteiger partial charge in [-0.2, -0.15) is 10.1 Å². The predicted octanol–water partition coefficient (Wildman–Crippen LogP) is 0.466. The van der Waals surface area contributed by atoms with Gasteiger partial charge in [-0.1, -0.05) is 0 Å². The number of hydrogen-bond donors (Lipinski definition) is 3. The number of piperazine rings is 1. The quantitative estimate of drug-likeness (QED) is 0.463. The topological polar surface area (TPSA) is 155 Å². The van der Waals surface area contributed by atoms with Gasteiger partial charge < -0.3 is 25.2 Å². The first-order chi connectivity index (χ1) is 16.4. The minimum absolute atomic E-state index is 0.0387. The van der Waals surface area contributed by atoms with E-state index in [1.807, 2.05) is 0 Å². The number of carbonyl (C=O) groups excluding carboxylic acids is 2. The smallest absolute Gasteiger partial charge is 0.387 e. The summed E-state index contributed by atoms with van der Waals surface area (Å²) in [5, 5.41) is 12.1. The summed E-state index contributed by atoms with van der Waals surface area (Å²) < 4.78 is 6.87. The van der Waals surface area contributed by atoms with E-state index in [4.69, 9.17) is 4.74 Å². The highest BCUT2D eigenvalue weighted by Gasteiger charge is 2.22. The van der Waals surface area contributed by atoms with Crippen molar-refractivity contribution in [2.24, 2.45) is 7.05 Å². The third-order valence-electron chi connectivity index (χ3n) is 5.19. The Bertz CT molecular complexity index is 1160. The highest BCUT2D eigenvalue weighted by molar-refractivity contribution is 6.01. The van der Waals surface area contributed by atoms with E-state index in [1.54, 1.807) is 25.6 Å². The van der Waals surface area contributed by atoms with Crippen molar-refractivity contribution >= 4 is 35.0 Å². The Balaban J connectivity index is 1.58. The van der Waals surface area contributed by atoms with E-state index in [0.29, 0.717) is 11.5 Å². The second-order valence-corrected chi connectivity index (χ2v) is 7.55. The normalized spacial score (nSPS) is 13.9. The van der Waals surface area contributed by atoms with Gasteiger partial charge in [-0.3, -0.25) is 14.8 Å². The molecule has 0 atom stereocenters. The lowest BCUT2D eigenvalue weighted by atomic mass is 10.3. The number of amides is 2. The zero-order valence-electron chi connectivity index (χ0n) is 19.0. The number of aromatic nitrogens is 6. The zero-order chi connectivity index (χ0) is 24.1. The van der Waals surface area contributed by atoms with Crippen LogP contribution in [0, 0.1) is 0 Å². The first kappa shape index (κ1) is 22.8. The molecule has 3 aromatic rings. The second-order valence-electron chi connectivity index (χ2n) is 7.55. The van der Waals surface area contributed by atoms with Crippen molar-refractivity contribution in [2.45, 2.75) is 0 Å². The fraction of sp³-hybridized carbons (Fsp3) is 0.350. The first-order valence-corrected chi connectivity index (χ1v) is 10.5. The molecule has 1 saturated heterocycles. The molecule has 0 spiro atoms. The molecule has 0 aliphatic carbocycles. The number of anilines is 4. The highest BCUT2D eigenvalue weighted by atomic mass is 16.6. The molecule has 2 amide bonds. The molecule has 0 unspecified atom stereocenters. The van der Waals surface area contributed by atoms with Crippen LogP contribution in [0.15, 0.2) is 31.1 Å². The summed E-state index contributed by atoms with van der Waals surface area (Å²) in [5.41, 5.74) is 0.918. The Morgan fingerprint density at radius 3 is 2.47 bits per heavy atom. The van der Waals surface area contributed by atoms with Gasteiger partial charge >= 0.3 is 6.09 Å². The van der Waals surface area contributed by atoms with Crippen LogP contribution in [0.4, 0.5) is 27.8 Å². The molecule has 0 aromatic carbocycles. The molecule has 0 bridgehead atoms. The summed E-state index contributed by atoms with van der Waals surface area (Å²) in [6.45, 7) is 3.29. The molecule has 14 nitrogen and oxygen atoms in total. The minimum Gasteiger partial charge on any atom is -0.387 e. The summed E-state index contributed by atoms with van der Waals surface area (Å²) >= 11 is 0. The van der Waals surface area contributed by atoms with Gasteiger partial charge in [0, 0.05) is 40.3 Å². The largest absolute Gasteiger partial charge is 0.418 e. The van der Waals surface area contributed by atoms with Gasteiger partial charge in [0.1, 0.15) is 12.0 Å². The molecule has 178 valence electrons. The maximum atomic E-state index is 12.7. The molecule has 4 heterocycles. The number of nitrogens with zero attached hydrogens (tertiary/aromatic N) is 8. The van der Waals surface area contributed by atoms with E-state index in [0.717, 1.165) is 26.2 Å². The first-order valence-electron chi connectivity index (χ1n) is 10.5. The van der Waals surface area contributed by atoms with Crippen molar-refractivity contribution in [1.82, 2.24) is 39.9 Å². The SMILES string of the molecule is CNC(=O)c1c(NC(=O)Oc2nc(N3CCN(C)CC3)cnc2Nc2cncnc2)cnn1C. The number of nitrogens with one attached hydrogen (secondary N) is 3. The van der Waals surface area contributed by atoms with Gasteiger partial charge in [-0.05, 0) is 7.05 Å². The van der Waals surface area contributed by atoms with Crippen LogP contribution in [-0.2, 0) is 7.05 Å². The molecule has 1 fully saturated rings. The van der Waals surface area contributed by atoms with Crippen LogP contribution in [0.5, 0.6) is 5.88 Å². The summed E-state index contributed by atoms with van der Waals surface area (Å²) in [5.74, 6) is 0.348. The van der Waals surface area contributed by atoms with Gasteiger partial charge in [-0.15, -0.1) is 0 Å². The Morgan fingerprint density at radius 2 is 1.76 bits per heavy atom. The monoisotopic (exact) mass is 467 g/mol. The number of rotatable bonds is 6. The van der Waals surface area contributed by atoms with E-state index in [9.17, 15) is 9.59 Å².